The van der Waals surface area contributed by atoms with Gasteiger partial charge in [-0.1, -0.05) is 6.07 Å². The Balaban J connectivity index is 1.98. The molecule has 1 aromatic rings. The zero-order chi connectivity index (χ0) is 12.3. The van der Waals surface area contributed by atoms with Crippen LogP contribution in [0.5, 0.6) is 5.75 Å². The van der Waals surface area contributed by atoms with Crippen LogP contribution in [0.3, 0.4) is 0 Å². The molecule has 4 heteroatoms. The number of hydrogen-bond donors (Lipinski definition) is 1. The Morgan fingerprint density at radius 3 is 2.76 bits per heavy atom. The third kappa shape index (κ3) is 3.20. The van der Waals surface area contributed by atoms with E-state index < -0.39 is 5.97 Å². The second kappa shape index (κ2) is 5.19. The van der Waals surface area contributed by atoms with Gasteiger partial charge < -0.3 is 14.7 Å². The maximum Gasteiger partial charge on any atom is 0.335 e. The van der Waals surface area contributed by atoms with E-state index in [-0.39, 0.29) is 11.7 Å². The predicted octanol–water partition coefficient (Wildman–Crippen LogP) is 1.86. The molecule has 0 aromatic heterocycles. The molecule has 1 aliphatic rings. The van der Waals surface area contributed by atoms with Crippen molar-refractivity contribution in [2.75, 3.05) is 20.1 Å². The lowest BCUT2D eigenvalue weighted by Crippen LogP contribution is -2.35. The molecule has 0 atom stereocenters. The van der Waals surface area contributed by atoms with Crippen LogP contribution in [0.25, 0.3) is 0 Å². The Morgan fingerprint density at radius 1 is 1.41 bits per heavy atom. The van der Waals surface area contributed by atoms with Gasteiger partial charge in [-0.25, -0.2) is 4.79 Å². The van der Waals surface area contributed by atoms with Gasteiger partial charge in [0, 0.05) is 13.1 Å². The van der Waals surface area contributed by atoms with E-state index >= 15 is 0 Å². The normalized spacial score (nSPS) is 17.9. The van der Waals surface area contributed by atoms with E-state index in [1.54, 1.807) is 18.2 Å². The van der Waals surface area contributed by atoms with Gasteiger partial charge in [0.25, 0.3) is 0 Å². The third-order valence-electron chi connectivity index (χ3n) is 3.05. The van der Waals surface area contributed by atoms with Crippen molar-refractivity contribution >= 4 is 5.97 Å². The minimum Gasteiger partial charge on any atom is -0.490 e. The topological polar surface area (TPSA) is 49.8 Å². The molecule has 1 N–H and O–H groups in total. The van der Waals surface area contributed by atoms with Crippen molar-refractivity contribution in [3.8, 4) is 5.75 Å². The zero-order valence-corrected chi connectivity index (χ0v) is 9.93. The molecule has 1 fully saturated rings. The van der Waals surface area contributed by atoms with E-state index in [0.29, 0.717) is 5.75 Å². The number of likely N-dealkylation sites (tertiary alicyclic amines) is 1. The van der Waals surface area contributed by atoms with Crippen molar-refractivity contribution in [1.29, 1.82) is 0 Å². The average Bonchev–Trinajstić information content (AvgIpc) is 2.32. The number of nitrogens with zero attached hydrogens (tertiary/aromatic N) is 1. The molecule has 0 radical (unpaired) electrons. The molecule has 0 spiro atoms. The maximum absolute atomic E-state index is 10.8. The van der Waals surface area contributed by atoms with Crippen LogP contribution in [0.4, 0.5) is 0 Å². The molecule has 1 saturated heterocycles. The lowest BCUT2D eigenvalue weighted by molar-refractivity contribution is 0.0695. The summed E-state index contributed by atoms with van der Waals surface area (Å²) >= 11 is 0. The number of hydrogen-bond acceptors (Lipinski definition) is 3. The molecular formula is C13H17NO3. The lowest BCUT2D eigenvalue weighted by atomic mass is 10.1. The highest BCUT2D eigenvalue weighted by Gasteiger charge is 2.18. The highest BCUT2D eigenvalue weighted by molar-refractivity contribution is 5.87. The monoisotopic (exact) mass is 235 g/mol. The molecule has 1 heterocycles. The first-order valence-corrected chi connectivity index (χ1v) is 5.84. The largest absolute Gasteiger partial charge is 0.490 e. The zero-order valence-electron chi connectivity index (χ0n) is 9.93. The Morgan fingerprint density at radius 2 is 2.12 bits per heavy atom. The SMILES string of the molecule is CN1CCC(Oc2cccc(C(=O)O)c2)CC1. The quantitative estimate of drug-likeness (QED) is 0.868. The van der Waals surface area contributed by atoms with Crippen molar-refractivity contribution in [1.82, 2.24) is 4.90 Å². The molecular weight excluding hydrogens is 218 g/mol. The van der Waals surface area contributed by atoms with E-state index in [9.17, 15) is 4.79 Å². The first kappa shape index (κ1) is 11.9. The summed E-state index contributed by atoms with van der Waals surface area (Å²) in [5.74, 6) is -0.265. The Kier molecular flexibility index (Phi) is 3.64. The van der Waals surface area contributed by atoms with E-state index in [1.807, 2.05) is 6.07 Å². The van der Waals surface area contributed by atoms with Crippen LogP contribution in [-0.2, 0) is 0 Å². The number of benzene rings is 1. The van der Waals surface area contributed by atoms with Gasteiger partial charge in [0.1, 0.15) is 11.9 Å². The van der Waals surface area contributed by atoms with Crippen molar-refractivity contribution < 1.29 is 14.6 Å². The van der Waals surface area contributed by atoms with Gasteiger partial charge in [0.05, 0.1) is 5.56 Å². The maximum atomic E-state index is 10.8. The summed E-state index contributed by atoms with van der Waals surface area (Å²) in [6.07, 6.45) is 2.19. The van der Waals surface area contributed by atoms with E-state index in [1.165, 1.54) is 0 Å². The first-order chi connectivity index (χ1) is 8.15. The fraction of sp³-hybridized carbons (Fsp3) is 0.462. The van der Waals surface area contributed by atoms with Gasteiger partial charge in [-0.05, 0) is 38.1 Å². The third-order valence-corrected chi connectivity index (χ3v) is 3.05. The fourth-order valence-electron chi connectivity index (χ4n) is 2.00. The second-order valence-electron chi connectivity index (χ2n) is 4.45. The molecule has 0 unspecified atom stereocenters. The molecule has 0 aliphatic carbocycles. The van der Waals surface area contributed by atoms with E-state index in [0.717, 1.165) is 25.9 Å². The average molecular weight is 235 g/mol. The summed E-state index contributed by atoms with van der Waals surface area (Å²) in [6.45, 7) is 2.06. The lowest BCUT2D eigenvalue weighted by Gasteiger charge is -2.29. The van der Waals surface area contributed by atoms with E-state index in [2.05, 4.69) is 11.9 Å². The predicted molar refractivity (Wildman–Crippen MR) is 64.5 cm³/mol. The smallest absolute Gasteiger partial charge is 0.335 e. The van der Waals surface area contributed by atoms with Gasteiger partial charge in [0.2, 0.25) is 0 Å². The summed E-state index contributed by atoms with van der Waals surface area (Å²) in [5, 5.41) is 8.89. The van der Waals surface area contributed by atoms with Crippen molar-refractivity contribution in [3.05, 3.63) is 29.8 Å². The number of carboxylic acids is 1. The molecule has 0 saturated carbocycles. The van der Waals surface area contributed by atoms with Gasteiger partial charge in [-0.3, -0.25) is 0 Å². The Hall–Kier alpha value is -1.55. The summed E-state index contributed by atoms with van der Waals surface area (Å²) in [4.78, 5) is 13.1. The molecule has 1 aromatic carbocycles. The number of aromatic carboxylic acids is 1. The number of rotatable bonds is 3. The fourth-order valence-corrected chi connectivity index (χ4v) is 2.00. The standard InChI is InChI=1S/C13H17NO3/c1-14-7-5-11(6-8-14)17-12-4-2-3-10(9-12)13(15)16/h2-4,9,11H,5-8H2,1H3,(H,15,16). The number of piperidine rings is 1. The molecule has 92 valence electrons. The van der Waals surface area contributed by atoms with Crippen LogP contribution < -0.4 is 4.74 Å². The summed E-state index contributed by atoms with van der Waals surface area (Å²) in [7, 11) is 2.10. The summed E-state index contributed by atoms with van der Waals surface area (Å²) in [6, 6.07) is 6.68. The molecule has 1 aliphatic heterocycles. The van der Waals surface area contributed by atoms with Crippen LogP contribution >= 0.6 is 0 Å². The van der Waals surface area contributed by atoms with Crippen LogP contribution in [0.2, 0.25) is 0 Å². The van der Waals surface area contributed by atoms with Gasteiger partial charge in [-0.15, -0.1) is 0 Å². The first-order valence-electron chi connectivity index (χ1n) is 5.84. The number of carbonyl (C=O) groups is 1. The minimum atomic E-state index is -0.918. The molecule has 4 nitrogen and oxygen atoms in total. The number of ether oxygens (including phenoxy) is 1. The molecule has 0 bridgehead atoms. The molecule has 2 rings (SSSR count). The van der Waals surface area contributed by atoms with Crippen molar-refractivity contribution in [2.45, 2.75) is 18.9 Å². The summed E-state index contributed by atoms with van der Waals surface area (Å²) in [5.41, 5.74) is 0.274. The molecule has 0 amide bonds. The summed E-state index contributed by atoms with van der Waals surface area (Å²) < 4.78 is 5.80. The van der Waals surface area contributed by atoms with Crippen LogP contribution in [0.1, 0.15) is 23.2 Å². The van der Waals surface area contributed by atoms with Crippen LogP contribution in [-0.4, -0.2) is 42.2 Å². The van der Waals surface area contributed by atoms with Crippen LogP contribution in [0, 0.1) is 0 Å². The minimum absolute atomic E-state index is 0.204. The molecule has 17 heavy (non-hydrogen) atoms. The highest BCUT2D eigenvalue weighted by Crippen LogP contribution is 2.19. The Labute approximate surface area is 101 Å². The Bertz CT molecular complexity index is 397. The highest BCUT2D eigenvalue weighted by atomic mass is 16.5. The van der Waals surface area contributed by atoms with Crippen molar-refractivity contribution in [2.24, 2.45) is 0 Å². The van der Waals surface area contributed by atoms with Crippen LogP contribution in [0.15, 0.2) is 24.3 Å². The van der Waals surface area contributed by atoms with Gasteiger partial charge in [0.15, 0.2) is 0 Å². The number of carboxylic acid groups (broad SMARTS) is 1. The van der Waals surface area contributed by atoms with Gasteiger partial charge >= 0.3 is 5.97 Å². The van der Waals surface area contributed by atoms with Gasteiger partial charge in [-0.2, -0.15) is 0 Å². The van der Waals surface area contributed by atoms with E-state index in [4.69, 9.17) is 9.84 Å². The second-order valence-corrected chi connectivity index (χ2v) is 4.45. The van der Waals surface area contributed by atoms with Crippen molar-refractivity contribution in [3.63, 3.8) is 0 Å².